The number of fused-ring (bicyclic) bond motifs is 1. The van der Waals surface area contributed by atoms with Crippen LogP contribution in [0.2, 0.25) is 0 Å². The lowest BCUT2D eigenvalue weighted by Gasteiger charge is -2.12. The van der Waals surface area contributed by atoms with Gasteiger partial charge in [0.05, 0.1) is 16.9 Å². The maximum atomic E-state index is 11.3. The third-order valence-corrected chi connectivity index (χ3v) is 4.53. The van der Waals surface area contributed by atoms with Crippen LogP contribution in [0.15, 0.2) is 72.8 Å². The minimum atomic E-state index is -1.48. The third kappa shape index (κ3) is 4.43. The van der Waals surface area contributed by atoms with Gasteiger partial charge in [0, 0.05) is 11.1 Å². The van der Waals surface area contributed by atoms with E-state index in [0.717, 1.165) is 11.1 Å². The second-order valence-electron chi connectivity index (χ2n) is 6.63. The predicted molar refractivity (Wildman–Crippen MR) is 113 cm³/mol. The lowest BCUT2D eigenvalue weighted by atomic mass is 10.0. The minimum absolute atomic E-state index is 0.0420. The summed E-state index contributed by atoms with van der Waals surface area (Å²) in [6, 6.07) is 21.8. The largest absolute Gasteiger partial charge is 0.506 e. The smallest absolute Gasteiger partial charge is 0.416 e. The van der Waals surface area contributed by atoms with Crippen LogP contribution in [0.5, 0.6) is 5.75 Å². The van der Waals surface area contributed by atoms with Crippen LogP contribution in [-0.4, -0.2) is 32.4 Å². The van der Waals surface area contributed by atoms with Gasteiger partial charge in [-0.05, 0) is 17.7 Å². The maximum Gasteiger partial charge on any atom is 0.416 e. The Balaban J connectivity index is 1.70. The Hall–Kier alpha value is -4.46. The normalized spacial score (nSPS) is 10.6. The van der Waals surface area contributed by atoms with Crippen LogP contribution in [0.3, 0.4) is 0 Å². The maximum absolute atomic E-state index is 11.3. The van der Waals surface area contributed by atoms with E-state index in [1.807, 2.05) is 30.3 Å². The van der Waals surface area contributed by atoms with Crippen molar-refractivity contribution in [1.82, 2.24) is 15.3 Å². The highest BCUT2D eigenvalue weighted by Crippen LogP contribution is 2.33. The van der Waals surface area contributed by atoms with Gasteiger partial charge >= 0.3 is 12.2 Å². The number of ether oxygens (including phenoxy) is 1. The van der Waals surface area contributed by atoms with Crippen molar-refractivity contribution >= 4 is 23.2 Å². The van der Waals surface area contributed by atoms with Gasteiger partial charge in [0.25, 0.3) is 0 Å². The van der Waals surface area contributed by atoms with Gasteiger partial charge in [-0.1, -0.05) is 60.7 Å². The van der Waals surface area contributed by atoms with E-state index >= 15 is 0 Å². The topological polar surface area (TPSA) is 122 Å². The molecular weight excluding hydrogens is 398 g/mol. The van der Waals surface area contributed by atoms with Crippen molar-refractivity contribution in [2.75, 3.05) is 0 Å². The molecule has 0 aliphatic rings. The van der Waals surface area contributed by atoms with E-state index in [-0.39, 0.29) is 12.4 Å². The van der Waals surface area contributed by atoms with Gasteiger partial charge < -0.3 is 14.9 Å². The Morgan fingerprint density at radius 3 is 2.23 bits per heavy atom. The van der Waals surface area contributed by atoms with E-state index in [2.05, 4.69) is 4.98 Å². The Morgan fingerprint density at radius 1 is 0.839 bits per heavy atom. The molecular formula is C23H17N3O5. The van der Waals surface area contributed by atoms with Crippen molar-refractivity contribution in [3.63, 3.8) is 0 Å². The molecule has 0 saturated carbocycles. The molecule has 4 aromatic rings. The molecule has 154 valence electrons. The molecule has 1 aromatic heterocycles. The van der Waals surface area contributed by atoms with Gasteiger partial charge in [-0.15, -0.1) is 0 Å². The molecule has 8 heteroatoms. The zero-order chi connectivity index (χ0) is 21.8. The lowest BCUT2D eigenvalue weighted by Crippen LogP contribution is -2.29. The molecule has 4 rings (SSSR count). The van der Waals surface area contributed by atoms with Gasteiger partial charge in [-0.2, -0.15) is 0 Å². The highest BCUT2D eigenvalue weighted by atomic mass is 16.6. The molecule has 0 atom stereocenters. The van der Waals surface area contributed by atoms with E-state index < -0.39 is 12.2 Å². The van der Waals surface area contributed by atoms with Crippen LogP contribution in [0, 0.1) is 0 Å². The Bertz CT molecular complexity index is 1260. The zero-order valence-corrected chi connectivity index (χ0v) is 16.1. The second kappa shape index (κ2) is 8.50. The van der Waals surface area contributed by atoms with Gasteiger partial charge in [0.2, 0.25) is 0 Å². The quantitative estimate of drug-likeness (QED) is 0.446. The first kappa shape index (κ1) is 19.8. The van der Waals surface area contributed by atoms with Crippen molar-refractivity contribution in [2.45, 2.75) is 6.61 Å². The van der Waals surface area contributed by atoms with E-state index in [4.69, 9.17) is 14.8 Å². The highest BCUT2D eigenvalue weighted by Gasteiger charge is 2.15. The number of carbonyl (C=O) groups excluding carboxylic acids is 1. The number of carboxylic acid groups (broad SMARTS) is 1. The van der Waals surface area contributed by atoms with Crippen LogP contribution in [0.25, 0.3) is 33.5 Å². The molecule has 0 spiro atoms. The van der Waals surface area contributed by atoms with Crippen molar-refractivity contribution < 1.29 is 24.5 Å². The van der Waals surface area contributed by atoms with E-state index in [1.54, 1.807) is 47.8 Å². The number of nitrogens with one attached hydrogen (secondary N) is 1. The number of hydrogen-bond acceptors (Lipinski definition) is 6. The third-order valence-electron chi connectivity index (χ3n) is 4.53. The van der Waals surface area contributed by atoms with Crippen LogP contribution in [0.4, 0.5) is 9.59 Å². The fraction of sp³-hybridized carbons (Fsp3) is 0.0435. The van der Waals surface area contributed by atoms with Crippen molar-refractivity contribution in [1.29, 1.82) is 0 Å². The minimum Gasteiger partial charge on any atom is -0.506 e. The SMILES string of the molecule is O=C(O)NC(=O)OCc1ccc(-c2nc3c(O)cccc3nc2-c2ccccc2)cc1. The summed E-state index contributed by atoms with van der Waals surface area (Å²) in [5.74, 6) is 0.0420. The molecule has 3 aromatic carbocycles. The van der Waals surface area contributed by atoms with Gasteiger partial charge in [0.1, 0.15) is 17.9 Å². The average Bonchev–Trinajstić information content (AvgIpc) is 2.78. The van der Waals surface area contributed by atoms with Crippen molar-refractivity contribution in [3.8, 4) is 28.3 Å². The number of benzene rings is 3. The molecule has 8 nitrogen and oxygen atoms in total. The summed E-state index contributed by atoms with van der Waals surface area (Å²) in [7, 11) is 0. The fourth-order valence-electron chi connectivity index (χ4n) is 3.09. The van der Waals surface area contributed by atoms with E-state index in [9.17, 15) is 14.7 Å². The summed E-state index contributed by atoms with van der Waals surface area (Å²) in [5.41, 5.74) is 4.55. The predicted octanol–water partition coefficient (Wildman–Crippen LogP) is 4.57. The Labute approximate surface area is 176 Å². The molecule has 0 unspecified atom stereocenters. The molecule has 0 radical (unpaired) electrons. The molecule has 0 aliphatic carbocycles. The summed E-state index contributed by atoms with van der Waals surface area (Å²) < 4.78 is 4.86. The molecule has 0 aliphatic heterocycles. The number of phenols is 1. The van der Waals surface area contributed by atoms with Gasteiger partial charge in [-0.25, -0.2) is 24.9 Å². The Morgan fingerprint density at radius 2 is 1.52 bits per heavy atom. The zero-order valence-electron chi connectivity index (χ0n) is 16.1. The van der Waals surface area contributed by atoms with Crippen LogP contribution < -0.4 is 5.32 Å². The standard InChI is InChI=1S/C23H17N3O5/c27-18-8-4-7-17-21(18)25-20(19(24-17)15-5-2-1-3-6-15)16-11-9-14(10-12-16)13-31-23(30)26-22(28)29/h1-12,27H,13H2,(H,26,30)(H,28,29). The summed E-state index contributed by atoms with van der Waals surface area (Å²) in [4.78, 5) is 31.2. The number of aromatic hydroxyl groups is 1. The number of carbonyl (C=O) groups is 2. The average molecular weight is 415 g/mol. The van der Waals surface area contributed by atoms with Gasteiger partial charge in [-0.3, -0.25) is 0 Å². The van der Waals surface area contributed by atoms with Crippen LogP contribution in [0.1, 0.15) is 5.56 Å². The monoisotopic (exact) mass is 415 g/mol. The van der Waals surface area contributed by atoms with Crippen LogP contribution >= 0.6 is 0 Å². The van der Waals surface area contributed by atoms with E-state index in [1.165, 1.54) is 0 Å². The fourth-order valence-corrected chi connectivity index (χ4v) is 3.09. The lowest BCUT2D eigenvalue weighted by molar-refractivity contribution is 0.134. The van der Waals surface area contributed by atoms with Crippen molar-refractivity contribution in [3.05, 3.63) is 78.4 Å². The molecule has 1 heterocycles. The molecule has 2 amide bonds. The molecule has 0 fully saturated rings. The first-order valence-electron chi connectivity index (χ1n) is 9.32. The summed E-state index contributed by atoms with van der Waals surface area (Å²) >= 11 is 0. The number of amides is 2. The number of phenolic OH excluding ortho intramolecular Hbond substituents is 1. The molecule has 0 saturated heterocycles. The summed E-state index contributed by atoms with van der Waals surface area (Å²) in [5, 5.41) is 20.4. The molecule has 31 heavy (non-hydrogen) atoms. The summed E-state index contributed by atoms with van der Waals surface area (Å²) in [6.07, 6.45) is -2.52. The van der Waals surface area contributed by atoms with Crippen molar-refractivity contribution in [2.24, 2.45) is 0 Å². The number of hydrogen-bond donors (Lipinski definition) is 3. The number of alkyl carbamates (subject to hydrolysis) is 1. The van der Waals surface area contributed by atoms with Crippen LogP contribution in [-0.2, 0) is 11.3 Å². The number of nitrogens with zero attached hydrogens (tertiary/aromatic N) is 2. The first-order chi connectivity index (χ1) is 15.0. The first-order valence-corrected chi connectivity index (χ1v) is 9.32. The number of para-hydroxylation sites is 1. The second-order valence-corrected chi connectivity index (χ2v) is 6.63. The summed E-state index contributed by atoms with van der Waals surface area (Å²) in [6.45, 7) is -0.0882. The molecule has 3 N–H and O–H groups in total. The Kier molecular flexibility index (Phi) is 5.44. The number of aromatic nitrogens is 2. The number of imide groups is 1. The van der Waals surface area contributed by atoms with Gasteiger partial charge in [0.15, 0.2) is 0 Å². The van der Waals surface area contributed by atoms with E-state index in [0.29, 0.717) is 28.0 Å². The molecule has 0 bridgehead atoms. The highest BCUT2D eigenvalue weighted by molar-refractivity contribution is 5.89. The number of rotatable bonds is 4.